The summed E-state index contributed by atoms with van der Waals surface area (Å²) in [7, 11) is -3.73. The minimum atomic E-state index is -3.73. The van der Waals surface area contributed by atoms with Crippen molar-refractivity contribution in [1.82, 2.24) is 5.32 Å². The molecular weight excluding hydrogens is 503 g/mol. The number of carboxylic acid groups (broad SMARTS) is 1. The second-order valence-electron chi connectivity index (χ2n) is 9.36. The Kier molecular flexibility index (Phi) is 10.4. The summed E-state index contributed by atoms with van der Waals surface area (Å²) in [5, 5.41) is 11.7. The molecule has 5 N–H and O–H groups in total. The van der Waals surface area contributed by atoms with Gasteiger partial charge in [0.2, 0.25) is 19.2 Å². The molecule has 0 radical (unpaired) electrons. The average Bonchev–Trinajstić information content (AvgIpc) is 2.90. The van der Waals surface area contributed by atoms with Gasteiger partial charge >= 0.3 is 5.97 Å². The van der Waals surface area contributed by atoms with Crippen molar-refractivity contribution in [2.24, 2.45) is 11.7 Å². The molecule has 0 aliphatic carbocycles. The third-order valence-electron chi connectivity index (χ3n) is 6.33. The van der Waals surface area contributed by atoms with Gasteiger partial charge in [-0.25, -0.2) is 4.79 Å². The largest absolute Gasteiger partial charge is 0.480 e. The van der Waals surface area contributed by atoms with Crippen LogP contribution in [-0.4, -0.2) is 46.1 Å². The molecule has 0 aliphatic rings. The number of benzene rings is 3. The molecule has 0 saturated heterocycles. The average molecular weight is 537 g/mol. The summed E-state index contributed by atoms with van der Waals surface area (Å²) in [4.78, 5) is 46.6. The van der Waals surface area contributed by atoms with E-state index in [-0.39, 0.29) is 18.7 Å². The number of aliphatic carboxylic acids is 1. The second kappa shape index (κ2) is 13.7. The van der Waals surface area contributed by atoms with Crippen molar-refractivity contribution in [1.29, 1.82) is 0 Å². The van der Waals surface area contributed by atoms with Gasteiger partial charge in [-0.2, -0.15) is 0 Å². The Hall–Kier alpha value is -3.74. The second-order valence-corrected chi connectivity index (χ2v) is 11.9. The van der Waals surface area contributed by atoms with Crippen molar-refractivity contribution in [3.63, 3.8) is 0 Å². The fraction of sp³-hybridized carbons (Fsp3) is 0.276. The SMILES string of the molecule is NC(=O)C[C@H](NC(=O)[C@@H](CCc1ccc(-c2ccccc2)cc1)CP(=O)(O)CCc1ccccc1)C(=O)O. The Labute approximate surface area is 222 Å². The molecule has 0 heterocycles. The molecule has 2 amide bonds. The highest BCUT2D eigenvalue weighted by Gasteiger charge is 2.31. The Balaban J connectivity index is 1.72. The number of primary amides is 1. The number of nitrogens with two attached hydrogens (primary N) is 1. The van der Waals surface area contributed by atoms with Gasteiger partial charge in [0.1, 0.15) is 6.04 Å². The van der Waals surface area contributed by atoms with Crippen LogP contribution in [0.2, 0.25) is 0 Å². The molecule has 0 aromatic heterocycles. The van der Waals surface area contributed by atoms with Crippen molar-refractivity contribution in [2.75, 3.05) is 12.3 Å². The zero-order chi connectivity index (χ0) is 27.5. The van der Waals surface area contributed by atoms with Crippen molar-refractivity contribution < 1.29 is 28.9 Å². The first-order valence-corrected chi connectivity index (χ1v) is 14.5. The molecule has 0 aliphatic heterocycles. The van der Waals surface area contributed by atoms with Gasteiger partial charge in [0.15, 0.2) is 0 Å². The van der Waals surface area contributed by atoms with Crippen molar-refractivity contribution in [2.45, 2.75) is 31.7 Å². The molecule has 3 atom stereocenters. The Morgan fingerprint density at radius 1 is 0.816 bits per heavy atom. The first-order chi connectivity index (χ1) is 18.1. The number of carbonyl (C=O) groups excluding carboxylic acids is 2. The number of hydrogen-bond donors (Lipinski definition) is 4. The predicted molar refractivity (Wildman–Crippen MR) is 147 cm³/mol. The van der Waals surface area contributed by atoms with Crippen LogP contribution in [-0.2, 0) is 31.8 Å². The van der Waals surface area contributed by atoms with Gasteiger partial charge < -0.3 is 21.1 Å². The minimum Gasteiger partial charge on any atom is -0.480 e. The number of hydrogen-bond acceptors (Lipinski definition) is 4. The zero-order valence-corrected chi connectivity index (χ0v) is 21.9. The van der Waals surface area contributed by atoms with E-state index in [4.69, 9.17) is 5.73 Å². The summed E-state index contributed by atoms with van der Waals surface area (Å²) in [6, 6.07) is 25.5. The Morgan fingerprint density at radius 2 is 1.37 bits per heavy atom. The topological polar surface area (TPSA) is 147 Å². The van der Waals surface area contributed by atoms with Gasteiger partial charge in [0.25, 0.3) is 0 Å². The van der Waals surface area contributed by atoms with E-state index in [9.17, 15) is 28.9 Å². The summed E-state index contributed by atoms with van der Waals surface area (Å²) in [5.41, 5.74) is 9.09. The van der Waals surface area contributed by atoms with Crippen LogP contribution >= 0.6 is 7.37 Å². The number of carbonyl (C=O) groups is 3. The molecule has 3 rings (SSSR count). The number of aryl methyl sites for hydroxylation is 2. The minimum absolute atomic E-state index is 0.00376. The van der Waals surface area contributed by atoms with Crippen LogP contribution < -0.4 is 11.1 Å². The monoisotopic (exact) mass is 536 g/mol. The highest BCUT2D eigenvalue weighted by Crippen LogP contribution is 2.44. The van der Waals surface area contributed by atoms with Crippen molar-refractivity contribution in [3.05, 3.63) is 96.1 Å². The van der Waals surface area contributed by atoms with Crippen LogP contribution in [0.3, 0.4) is 0 Å². The van der Waals surface area contributed by atoms with Gasteiger partial charge in [0.05, 0.1) is 6.42 Å². The van der Waals surface area contributed by atoms with Crippen molar-refractivity contribution in [3.8, 4) is 11.1 Å². The summed E-state index contributed by atoms with van der Waals surface area (Å²) in [6.45, 7) is 0. The van der Waals surface area contributed by atoms with Crippen LogP contribution in [0.4, 0.5) is 0 Å². The van der Waals surface area contributed by atoms with Crippen LogP contribution in [0.15, 0.2) is 84.9 Å². The van der Waals surface area contributed by atoms with Gasteiger partial charge in [-0.3, -0.25) is 14.2 Å². The number of rotatable bonds is 14. The molecule has 0 fully saturated rings. The maximum atomic E-state index is 13.1. The predicted octanol–water partition coefficient (Wildman–Crippen LogP) is 3.86. The lowest BCUT2D eigenvalue weighted by molar-refractivity contribution is -0.143. The molecule has 3 aromatic carbocycles. The van der Waals surface area contributed by atoms with Crippen LogP contribution in [0.5, 0.6) is 0 Å². The molecule has 0 spiro atoms. The van der Waals surface area contributed by atoms with Gasteiger partial charge in [0, 0.05) is 18.2 Å². The fourth-order valence-corrected chi connectivity index (χ4v) is 6.04. The van der Waals surface area contributed by atoms with E-state index in [0.29, 0.717) is 12.8 Å². The highest BCUT2D eigenvalue weighted by atomic mass is 31.2. The highest BCUT2D eigenvalue weighted by molar-refractivity contribution is 7.58. The molecular formula is C29H33N2O6P. The summed E-state index contributed by atoms with van der Waals surface area (Å²) in [6.07, 6.45) is 0.185. The quantitative estimate of drug-likeness (QED) is 0.230. The lowest BCUT2D eigenvalue weighted by Gasteiger charge is -2.22. The van der Waals surface area contributed by atoms with E-state index in [1.807, 2.05) is 84.9 Å². The molecule has 9 heteroatoms. The third kappa shape index (κ3) is 9.29. The smallest absolute Gasteiger partial charge is 0.326 e. The summed E-state index contributed by atoms with van der Waals surface area (Å²) >= 11 is 0. The normalized spacial score (nSPS) is 14.1. The fourth-order valence-electron chi connectivity index (χ4n) is 4.22. The number of nitrogens with one attached hydrogen (secondary N) is 1. The Morgan fingerprint density at radius 3 is 1.95 bits per heavy atom. The zero-order valence-electron chi connectivity index (χ0n) is 21.0. The first-order valence-electron chi connectivity index (χ1n) is 12.4. The lowest BCUT2D eigenvalue weighted by atomic mass is 9.97. The number of amides is 2. The maximum Gasteiger partial charge on any atom is 0.326 e. The van der Waals surface area contributed by atoms with E-state index >= 15 is 0 Å². The van der Waals surface area contributed by atoms with Gasteiger partial charge in [-0.15, -0.1) is 0 Å². The van der Waals surface area contributed by atoms with E-state index in [2.05, 4.69) is 5.32 Å². The third-order valence-corrected chi connectivity index (χ3v) is 8.27. The number of carboxylic acids is 1. The molecule has 38 heavy (non-hydrogen) atoms. The Bertz CT molecular complexity index is 1270. The summed E-state index contributed by atoms with van der Waals surface area (Å²) < 4.78 is 13.1. The van der Waals surface area contributed by atoms with Gasteiger partial charge in [-0.05, 0) is 41.5 Å². The standard InChI is InChI=1S/C29H33N2O6P/c30-27(32)19-26(29(34)35)31-28(33)25(20-38(36,37)18-17-21-7-3-1-4-8-21)16-13-22-11-14-24(15-12-22)23-9-5-2-6-10-23/h1-12,14-15,25-26H,13,16-20H2,(H2,30,32)(H,31,33)(H,34,35)(H,36,37)/t25-,26-/m0/s1. The molecule has 200 valence electrons. The van der Waals surface area contributed by atoms with E-state index in [1.165, 1.54) is 0 Å². The van der Waals surface area contributed by atoms with Gasteiger partial charge in [-0.1, -0.05) is 84.9 Å². The molecule has 1 unspecified atom stereocenters. The molecule has 3 aromatic rings. The molecule has 8 nitrogen and oxygen atoms in total. The van der Waals surface area contributed by atoms with Crippen LogP contribution in [0.25, 0.3) is 11.1 Å². The van der Waals surface area contributed by atoms with E-state index in [1.54, 1.807) is 0 Å². The lowest BCUT2D eigenvalue weighted by Crippen LogP contribution is -2.46. The summed E-state index contributed by atoms with van der Waals surface area (Å²) in [5.74, 6) is -3.88. The van der Waals surface area contributed by atoms with Crippen LogP contribution in [0.1, 0.15) is 24.0 Å². The first kappa shape index (κ1) is 28.8. The van der Waals surface area contributed by atoms with Crippen LogP contribution in [0, 0.1) is 5.92 Å². The maximum absolute atomic E-state index is 13.1. The van der Waals surface area contributed by atoms with Crippen molar-refractivity contribution >= 4 is 25.2 Å². The molecule has 0 saturated carbocycles. The van der Waals surface area contributed by atoms with E-state index < -0.39 is 43.5 Å². The van der Waals surface area contributed by atoms with E-state index in [0.717, 1.165) is 22.3 Å². The molecule has 0 bridgehead atoms.